The lowest BCUT2D eigenvalue weighted by atomic mass is 9.92. The van der Waals surface area contributed by atoms with Crippen molar-refractivity contribution >= 4 is 66.8 Å². The van der Waals surface area contributed by atoms with Gasteiger partial charge < -0.3 is 18.6 Å². The number of allylic oxidation sites excluding steroid dienone is 1. The molecule has 0 bridgehead atoms. The fraction of sp³-hybridized carbons (Fsp3) is 0.109. The number of nitrogens with zero attached hydrogens (tertiary/aromatic N) is 1. The molecule has 250 valence electrons. The molecule has 2 N–H and O–H groups in total. The van der Waals surface area contributed by atoms with Gasteiger partial charge in [0, 0.05) is 50.0 Å². The van der Waals surface area contributed by atoms with E-state index in [2.05, 4.69) is 133 Å². The van der Waals surface area contributed by atoms with Gasteiger partial charge in [-0.15, -0.1) is 0 Å². The number of nitrogens with one attached hydrogen (secondary N) is 2. The Balaban J connectivity index is 1.02. The molecule has 0 spiro atoms. The van der Waals surface area contributed by atoms with Gasteiger partial charge in [-0.05, 0) is 59.0 Å². The van der Waals surface area contributed by atoms with Gasteiger partial charge in [-0.2, -0.15) is 0 Å². The van der Waals surface area contributed by atoms with Crippen molar-refractivity contribution in [2.45, 2.75) is 25.7 Å². The minimum Gasteiger partial charge on any atom is -0.460 e. The molecule has 2 aliphatic rings. The number of hydrogen-bond acceptors (Lipinski definition) is 6. The van der Waals surface area contributed by atoms with Gasteiger partial charge in [0.1, 0.15) is 51.8 Å². The number of amidine groups is 1. The highest BCUT2D eigenvalue weighted by Gasteiger charge is 2.29. The molecule has 0 amide bonds. The van der Waals surface area contributed by atoms with Crippen LogP contribution in [0.3, 0.4) is 0 Å². The SMILES string of the molecule is CC1C=Cc2c(oc3cccc(-c4ccc5c(c4)oc4c(C6NC(c7ccc8c(c7)oc7ccccc78)=NC(c7ccccc7)N6)cccc45)c23)C1. The van der Waals surface area contributed by atoms with Crippen molar-refractivity contribution in [3.63, 3.8) is 0 Å². The second-order valence-electron chi connectivity index (χ2n) is 14.0. The van der Waals surface area contributed by atoms with Crippen molar-refractivity contribution in [2.24, 2.45) is 10.9 Å². The number of benzene rings is 6. The number of furan rings is 3. The summed E-state index contributed by atoms with van der Waals surface area (Å²) in [4.78, 5) is 5.19. The Morgan fingerprint density at radius 2 is 1.37 bits per heavy atom. The average molecular weight is 676 g/mol. The molecule has 9 aromatic rings. The number of rotatable bonds is 4. The molecular formula is C46H33N3O3. The Hall–Kier alpha value is -6.37. The highest BCUT2D eigenvalue weighted by Crippen LogP contribution is 2.41. The molecule has 3 aromatic heterocycles. The van der Waals surface area contributed by atoms with Crippen LogP contribution < -0.4 is 10.6 Å². The molecule has 1 aliphatic carbocycles. The van der Waals surface area contributed by atoms with Crippen molar-refractivity contribution in [1.29, 1.82) is 0 Å². The lowest BCUT2D eigenvalue weighted by molar-refractivity contribution is 0.408. The number of para-hydroxylation sites is 2. The first-order valence-electron chi connectivity index (χ1n) is 17.9. The van der Waals surface area contributed by atoms with Crippen LogP contribution in [0.1, 0.15) is 47.3 Å². The monoisotopic (exact) mass is 675 g/mol. The average Bonchev–Trinajstić information content (AvgIpc) is 3.88. The molecule has 6 aromatic carbocycles. The van der Waals surface area contributed by atoms with Crippen molar-refractivity contribution < 1.29 is 13.3 Å². The van der Waals surface area contributed by atoms with Gasteiger partial charge >= 0.3 is 0 Å². The maximum atomic E-state index is 6.82. The molecule has 11 rings (SSSR count). The summed E-state index contributed by atoms with van der Waals surface area (Å²) in [5.74, 6) is 2.32. The van der Waals surface area contributed by atoms with Crippen LogP contribution in [0.2, 0.25) is 0 Å². The molecular weight excluding hydrogens is 643 g/mol. The Morgan fingerprint density at radius 3 is 2.29 bits per heavy atom. The minimum absolute atomic E-state index is 0.279. The molecule has 0 fully saturated rings. The summed E-state index contributed by atoms with van der Waals surface area (Å²) in [6.45, 7) is 2.23. The van der Waals surface area contributed by atoms with Gasteiger partial charge in [0.2, 0.25) is 0 Å². The summed E-state index contributed by atoms with van der Waals surface area (Å²) >= 11 is 0. The van der Waals surface area contributed by atoms with Crippen LogP contribution in [0.5, 0.6) is 0 Å². The fourth-order valence-corrected chi connectivity index (χ4v) is 8.17. The van der Waals surface area contributed by atoms with Crippen LogP contribution in [0.25, 0.3) is 72.0 Å². The lowest BCUT2D eigenvalue weighted by Gasteiger charge is -2.32. The predicted octanol–water partition coefficient (Wildman–Crippen LogP) is 11.4. The molecule has 6 nitrogen and oxygen atoms in total. The van der Waals surface area contributed by atoms with Crippen molar-refractivity contribution in [2.75, 3.05) is 0 Å². The summed E-state index contributed by atoms with van der Waals surface area (Å²) in [5.41, 5.74) is 10.8. The fourth-order valence-electron chi connectivity index (χ4n) is 8.17. The van der Waals surface area contributed by atoms with Gasteiger partial charge in [-0.25, -0.2) is 4.99 Å². The molecule has 0 radical (unpaired) electrons. The number of hydrogen-bond donors (Lipinski definition) is 2. The Morgan fingerprint density at radius 1 is 0.635 bits per heavy atom. The van der Waals surface area contributed by atoms with Gasteiger partial charge in [-0.3, -0.25) is 5.32 Å². The van der Waals surface area contributed by atoms with E-state index < -0.39 is 0 Å². The second-order valence-corrected chi connectivity index (χ2v) is 14.0. The van der Waals surface area contributed by atoms with E-state index >= 15 is 0 Å². The molecule has 0 saturated carbocycles. The topological polar surface area (TPSA) is 75.8 Å². The predicted molar refractivity (Wildman–Crippen MR) is 209 cm³/mol. The second kappa shape index (κ2) is 11.3. The summed E-state index contributed by atoms with van der Waals surface area (Å²) in [6, 6.07) is 44.1. The maximum Gasteiger partial charge on any atom is 0.142 e. The van der Waals surface area contributed by atoms with Crippen LogP contribution in [0, 0.1) is 5.92 Å². The molecule has 3 unspecified atom stereocenters. The highest BCUT2D eigenvalue weighted by molar-refractivity contribution is 6.10. The third kappa shape index (κ3) is 4.58. The smallest absolute Gasteiger partial charge is 0.142 e. The van der Waals surface area contributed by atoms with Crippen LogP contribution >= 0.6 is 0 Å². The van der Waals surface area contributed by atoms with Gasteiger partial charge in [0.05, 0.1) is 0 Å². The zero-order chi connectivity index (χ0) is 34.3. The third-order valence-corrected chi connectivity index (χ3v) is 10.7. The van der Waals surface area contributed by atoms with Crippen LogP contribution in [0.15, 0.2) is 152 Å². The zero-order valence-electron chi connectivity index (χ0n) is 28.4. The molecule has 4 heterocycles. The summed E-state index contributed by atoms with van der Waals surface area (Å²) in [6.07, 6.45) is 4.86. The maximum absolute atomic E-state index is 6.82. The third-order valence-electron chi connectivity index (χ3n) is 10.7. The van der Waals surface area contributed by atoms with Crippen molar-refractivity contribution in [3.05, 3.63) is 161 Å². The van der Waals surface area contributed by atoms with Crippen LogP contribution in [0.4, 0.5) is 0 Å². The standard InChI is InChI=1S/C46H33N3O3/c1-26-17-20-35-39(23-26)51-38-16-8-12-30(42(35)38)28-18-21-33-34-13-7-14-36(43(34)52-41(33)24-28)46-48-44(27-9-3-2-4-10-27)47-45(49-46)29-19-22-32-31-11-5-6-15-37(31)50-40(32)25-29/h2-22,24-26,44,46,48H,23H2,1H3,(H,47,49). The molecule has 3 atom stereocenters. The van der Waals surface area contributed by atoms with E-state index in [-0.39, 0.29) is 12.3 Å². The van der Waals surface area contributed by atoms with E-state index in [1.807, 2.05) is 24.3 Å². The molecule has 6 heteroatoms. The summed E-state index contributed by atoms with van der Waals surface area (Å²) in [7, 11) is 0. The Labute approximate surface area is 299 Å². The first kappa shape index (κ1) is 29.4. The van der Waals surface area contributed by atoms with Gasteiger partial charge in [0.25, 0.3) is 0 Å². The van der Waals surface area contributed by atoms with Gasteiger partial charge in [-0.1, -0.05) is 110 Å². The normalized spacial score (nSPS) is 18.7. The Bertz CT molecular complexity index is 2930. The van der Waals surface area contributed by atoms with E-state index in [4.69, 9.17) is 18.2 Å². The largest absolute Gasteiger partial charge is 0.460 e. The highest BCUT2D eigenvalue weighted by atomic mass is 16.3. The van der Waals surface area contributed by atoms with E-state index in [0.717, 1.165) is 101 Å². The minimum atomic E-state index is -0.284. The quantitative estimate of drug-likeness (QED) is 0.194. The first-order valence-corrected chi connectivity index (χ1v) is 17.9. The van der Waals surface area contributed by atoms with Crippen LogP contribution in [-0.2, 0) is 6.42 Å². The van der Waals surface area contributed by atoms with Gasteiger partial charge in [0.15, 0.2) is 0 Å². The molecule has 0 saturated heterocycles. The van der Waals surface area contributed by atoms with E-state index in [1.54, 1.807) is 0 Å². The molecule has 1 aliphatic heterocycles. The van der Waals surface area contributed by atoms with E-state index in [0.29, 0.717) is 5.92 Å². The van der Waals surface area contributed by atoms with E-state index in [1.165, 1.54) is 5.56 Å². The van der Waals surface area contributed by atoms with Crippen molar-refractivity contribution in [1.82, 2.24) is 10.6 Å². The summed E-state index contributed by atoms with van der Waals surface area (Å²) in [5, 5.41) is 13.0. The first-order chi connectivity index (χ1) is 25.6. The Kier molecular flexibility index (Phi) is 6.39. The molecule has 52 heavy (non-hydrogen) atoms. The zero-order valence-corrected chi connectivity index (χ0v) is 28.4. The van der Waals surface area contributed by atoms with Crippen LogP contribution in [-0.4, -0.2) is 5.84 Å². The lowest BCUT2D eigenvalue weighted by Crippen LogP contribution is -2.45. The van der Waals surface area contributed by atoms with Crippen molar-refractivity contribution in [3.8, 4) is 11.1 Å². The summed E-state index contributed by atoms with van der Waals surface area (Å²) < 4.78 is 19.4. The number of fused-ring (bicyclic) bond motifs is 9. The van der Waals surface area contributed by atoms with E-state index in [9.17, 15) is 0 Å². The number of aliphatic imine (C=N–C) groups is 1.